The van der Waals surface area contributed by atoms with Crippen LogP contribution in [0.1, 0.15) is 0 Å². The van der Waals surface area contributed by atoms with Gasteiger partial charge in [0.25, 0.3) is 0 Å². The summed E-state index contributed by atoms with van der Waals surface area (Å²) < 4.78 is 15.9. The second-order valence-electron chi connectivity index (χ2n) is 19.2. The summed E-state index contributed by atoms with van der Waals surface area (Å²) in [6.45, 7) is 0. The lowest BCUT2D eigenvalue weighted by atomic mass is 9.93. The molecule has 0 amide bonds. The number of rotatable bonds is 8. The summed E-state index contributed by atoms with van der Waals surface area (Å²) in [5.41, 5.74) is 17.0. The Balaban J connectivity index is 1.04. The van der Waals surface area contributed by atoms with Gasteiger partial charge in [-0.2, -0.15) is 0 Å². The van der Waals surface area contributed by atoms with Crippen LogP contribution in [0.5, 0.6) is 11.5 Å². The number of nitrogens with zero attached hydrogens (tertiary/aromatic N) is 4. The average Bonchev–Trinajstić information content (AvgIpc) is 4.15. The molecule has 0 N–H and O–H groups in total. The Morgan fingerprint density at radius 3 is 1.08 bits per heavy atom. The quantitative estimate of drug-likeness (QED) is 0.142. The highest BCUT2D eigenvalue weighted by Crippen LogP contribution is 2.48. The standard InChI is InChI=1S/C68H44N4O2S/c1-73-49-29-21-41(22-30-49)43-25-33-51-52-34-26-44(42-23-31-50(74-2)32-24-42)38-58(52)64-63(57(51)37-43)69-65-66(70-64)68(46-28-36-62-56(40-46)54-18-10-12-20-60(54)72(62)48-15-7-4-8-16-48)75-67(65)45-27-35-61-55(39-45)53-17-9-11-19-59(53)71(61)47-13-5-3-6-14-47/h3-40H,1-2H3. The van der Waals surface area contributed by atoms with E-state index >= 15 is 0 Å². The zero-order valence-electron chi connectivity index (χ0n) is 41.0. The van der Waals surface area contributed by atoms with Crippen molar-refractivity contribution in [1.29, 1.82) is 0 Å². The molecule has 15 aromatic rings. The molecule has 0 fully saturated rings. The van der Waals surface area contributed by atoms with Gasteiger partial charge in [-0.1, -0.05) is 133 Å². The first-order chi connectivity index (χ1) is 37.1. The molecule has 15 rings (SSSR count). The fraction of sp³-hybridized carbons (Fsp3) is 0.0294. The Morgan fingerprint density at radius 1 is 0.293 bits per heavy atom. The van der Waals surface area contributed by atoms with E-state index in [1.807, 2.05) is 24.3 Å². The first kappa shape index (κ1) is 43.1. The van der Waals surface area contributed by atoms with Crippen LogP contribution >= 0.6 is 11.3 Å². The molecule has 0 spiro atoms. The average molecular weight is 981 g/mol. The van der Waals surface area contributed by atoms with E-state index in [1.165, 1.54) is 32.6 Å². The Hall–Kier alpha value is -9.56. The van der Waals surface area contributed by atoms with Crippen LogP contribution in [0.25, 0.3) is 142 Å². The van der Waals surface area contributed by atoms with Crippen LogP contribution < -0.4 is 9.47 Å². The third kappa shape index (κ3) is 6.78. The zero-order chi connectivity index (χ0) is 49.7. The summed E-state index contributed by atoms with van der Waals surface area (Å²) in [5, 5.41) is 9.12. The van der Waals surface area contributed by atoms with Crippen molar-refractivity contribution in [2.45, 2.75) is 0 Å². The fourth-order valence-corrected chi connectivity index (χ4v) is 12.7. The van der Waals surface area contributed by atoms with E-state index in [0.717, 1.165) is 121 Å². The summed E-state index contributed by atoms with van der Waals surface area (Å²) in [6.07, 6.45) is 0. The Bertz CT molecular complexity index is 4470. The van der Waals surface area contributed by atoms with Crippen molar-refractivity contribution in [3.05, 3.63) is 231 Å². The van der Waals surface area contributed by atoms with Crippen molar-refractivity contribution in [2.75, 3.05) is 14.2 Å². The van der Waals surface area contributed by atoms with Crippen LogP contribution in [0, 0.1) is 0 Å². The zero-order valence-corrected chi connectivity index (χ0v) is 41.8. The first-order valence-electron chi connectivity index (χ1n) is 25.2. The maximum Gasteiger partial charge on any atom is 0.118 e. The van der Waals surface area contributed by atoms with Gasteiger partial charge in [0, 0.05) is 43.7 Å². The number of para-hydroxylation sites is 4. The molecule has 0 bridgehead atoms. The topological polar surface area (TPSA) is 54.1 Å². The van der Waals surface area contributed by atoms with Crippen molar-refractivity contribution in [3.63, 3.8) is 0 Å². The van der Waals surface area contributed by atoms with E-state index in [0.29, 0.717) is 0 Å². The van der Waals surface area contributed by atoms with Crippen LogP contribution in [0.15, 0.2) is 231 Å². The van der Waals surface area contributed by atoms with Gasteiger partial charge < -0.3 is 18.6 Å². The van der Waals surface area contributed by atoms with Gasteiger partial charge in [-0.05, 0) is 141 Å². The van der Waals surface area contributed by atoms with Crippen molar-refractivity contribution in [1.82, 2.24) is 19.1 Å². The lowest BCUT2D eigenvalue weighted by Crippen LogP contribution is -1.93. The monoisotopic (exact) mass is 980 g/mol. The van der Waals surface area contributed by atoms with Gasteiger partial charge in [0.05, 0.1) is 57.1 Å². The maximum atomic E-state index is 5.92. The van der Waals surface area contributed by atoms with E-state index in [4.69, 9.17) is 19.4 Å². The third-order valence-electron chi connectivity index (χ3n) is 15.1. The minimum atomic E-state index is 0.821. The summed E-state index contributed by atoms with van der Waals surface area (Å²) in [7, 11) is 3.41. The molecule has 0 aliphatic heterocycles. The van der Waals surface area contributed by atoms with E-state index in [-0.39, 0.29) is 0 Å². The molecule has 11 aromatic carbocycles. The number of fused-ring (bicyclic) bond motifs is 13. The van der Waals surface area contributed by atoms with Gasteiger partial charge in [0.2, 0.25) is 0 Å². The van der Waals surface area contributed by atoms with E-state index in [9.17, 15) is 0 Å². The molecule has 0 aliphatic rings. The molecule has 75 heavy (non-hydrogen) atoms. The van der Waals surface area contributed by atoms with Gasteiger partial charge >= 0.3 is 0 Å². The Kier molecular flexibility index (Phi) is 9.77. The number of methoxy groups -OCH3 is 2. The highest BCUT2D eigenvalue weighted by molar-refractivity contribution is 7.21. The minimum Gasteiger partial charge on any atom is -0.497 e. The molecule has 0 saturated heterocycles. The molecular weight excluding hydrogens is 937 g/mol. The van der Waals surface area contributed by atoms with Gasteiger partial charge in [-0.25, -0.2) is 9.97 Å². The predicted octanol–water partition coefficient (Wildman–Crippen LogP) is 18.0. The lowest BCUT2D eigenvalue weighted by Gasteiger charge is -2.14. The van der Waals surface area contributed by atoms with Crippen LogP contribution in [0.4, 0.5) is 0 Å². The molecule has 0 unspecified atom stereocenters. The fourth-order valence-electron chi connectivity index (χ4n) is 11.5. The molecule has 0 radical (unpaired) electrons. The number of thiophene rings is 1. The molecule has 0 aliphatic carbocycles. The normalized spacial score (nSPS) is 11.9. The summed E-state index contributed by atoms with van der Waals surface area (Å²) in [5.74, 6) is 1.64. The lowest BCUT2D eigenvalue weighted by molar-refractivity contribution is 0.415. The van der Waals surface area contributed by atoms with Crippen molar-refractivity contribution >= 4 is 98.6 Å². The van der Waals surface area contributed by atoms with E-state index in [2.05, 4.69) is 215 Å². The Morgan fingerprint density at radius 2 is 0.653 bits per heavy atom. The maximum absolute atomic E-state index is 5.92. The highest BCUT2D eigenvalue weighted by atomic mass is 32.1. The van der Waals surface area contributed by atoms with Crippen molar-refractivity contribution < 1.29 is 9.47 Å². The van der Waals surface area contributed by atoms with Gasteiger partial charge in [0.1, 0.15) is 22.5 Å². The molecule has 0 saturated carbocycles. The van der Waals surface area contributed by atoms with E-state index in [1.54, 1.807) is 25.6 Å². The van der Waals surface area contributed by atoms with Crippen LogP contribution in [0.3, 0.4) is 0 Å². The molecule has 4 heterocycles. The van der Waals surface area contributed by atoms with Crippen molar-refractivity contribution in [3.8, 4) is 66.0 Å². The second-order valence-corrected chi connectivity index (χ2v) is 20.2. The van der Waals surface area contributed by atoms with Gasteiger partial charge in [-0.15, -0.1) is 11.3 Å². The van der Waals surface area contributed by atoms with Crippen LogP contribution in [-0.2, 0) is 0 Å². The van der Waals surface area contributed by atoms with Crippen LogP contribution in [0.2, 0.25) is 0 Å². The minimum absolute atomic E-state index is 0.821. The third-order valence-corrected chi connectivity index (χ3v) is 16.4. The number of hydrogen-bond donors (Lipinski definition) is 0. The van der Waals surface area contributed by atoms with Gasteiger partial charge in [0.15, 0.2) is 0 Å². The number of aromatic nitrogens is 4. The molecule has 4 aromatic heterocycles. The number of ether oxygens (including phenoxy) is 2. The number of benzene rings is 11. The predicted molar refractivity (Wildman–Crippen MR) is 313 cm³/mol. The largest absolute Gasteiger partial charge is 0.497 e. The Labute approximate surface area is 435 Å². The summed E-state index contributed by atoms with van der Waals surface area (Å²) in [6, 6.07) is 82.7. The van der Waals surface area contributed by atoms with E-state index < -0.39 is 0 Å². The van der Waals surface area contributed by atoms with Gasteiger partial charge in [-0.3, -0.25) is 0 Å². The molecule has 7 heteroatoms. The molecular formula is C68H44N4O2S. The summed E-state index contributed by atoms with van der Waals surface area (Å²) in [4.78, 5) is 14.0. The van der Waals surface area contributed by atoms with Crippen molar-refractivity contribution in [2.24, 2.45) is 0 Å². The molecule has 0 atom stereocenters. The highest BCUT2D eigenvalue weighted by Gasteiger charge is 2.24. The number of hydrogen-bond acceptors (Lipinski definition) is 5. The first-order valence-corrected chi connectivity index (χ1v) is 26.0. The second kappa shape index (κ2) is 17.0. The molecule has 354 valence electrons. The SMILES string of the molecule is COc1ccc(-c2ccc3c4ccc(-c5ccc(OC)cc5)cc4c4nc5c(-c6ccc7c(c6)c6ccccc6n7-c6ccccc6)sc(-c6ccc7c(c6)c6ccccc6n7-c6ccccc6)c5nc4c3c2)cc1. The molecule has 6 nitrogen and oxygen atoms in total. The smallest absolute Gasteiger partial charge is 0.118 e. The summed E-state index contributed by atoms with van der Waals surface area (Å²) >= 11 is 1.78. The van der Waals surface area contributed by atoms with Crippen LogP contribution in [-0.4, -0.2) is 33.3 Å².